The maximum Gasteiger partial charge on any atom is 0.0634 e. The summed E-state index contributed by atoms with van der Waals surface area (Å²) >= 11 is 1.88. The van der Waals surface area contributed by atoms with Crippen molar-refractivity contribution >= 4 is 85.6 Å². The Morgan fingerprint density at radius 1 is 0.395 bits per heavy atom. The van der Waals surface area contributed by atoms with E-state index in [9.17, 15) is 0 Å². The van der Waals surface area contributed by atoms with Gasteiger partial charge in [-0.05, 0) is 62.6 Å². The zero-order valence-corrected chi connectivity index (χ0v) is 21.3. The number of para-hydroxylation sites is 1. The lowest BCUT2D eigenvalue weighted by atomic mass is 9.94. The van der Waals surface area contributed by atoms with Gasteiger partial charge in [-0.15, -0.1) is 11.3 Å². The van der Waals surface area contributed by atoms with Gasteiger partial charge in [0.25, 0.3) is 0 Å². The minimum Gasteiger partial charge on any atom is -0.309 e. The van der Waals surface area contributed by atoms with Crippen molar-refractivity contribution in [2.45, 2.75) is 0 Å². The lowest BCUT2D eigenvalue weighted by Crippen LogP contribution is -1.95. The summed E-state index contributed by atoms with van der Waals surface area (Å²) in [7, 11) is 0. The van der Waals surface area contributed by atoms with Gasteiger partial charge in [0.2, 0.25) is 0 Å². The first-order chi connectivity index (χ1) is 18.9. The van der Waals surface area contributed by atoms with E-state index in [1.54, 1.807) is 0 Å². The first-order valence-electron chi connectivity index (χ1n) is 13.0. The van der Waals surface area contributed by atoms with Crippen LogP contribution in [0.1, 0.15) is 0 Å². The van der Waals surface area contributed by atoms with E-state index in [2.05, 4.69) is 132 Å². The largest absolute Gasteiger partial charge is 0.309 e. The molecule has 2 heteroatoms. The molecule has 0 spiro atoms. The second kappa shape index (κ2) is 7.44. The van der Waals surface area contributed by atoms with Gasteiger partial charge in [-0.1, -0.05) is 97.1 Å². The fourth-order valence-electron chi connectivity index (χ4n) is 6.57. The molecule has 0 radical (unpaired) electrons. The van der Waals surface area contributed by atoms with Crippen LogP contribution in [0.3, 0.4) is 0 Å². The van der Waals surface area contributed by atoms with Crippen molar-refractivity contribution in [3.63, 3.8) is 0 Å². The molecule has 0 saturated carbocycles. The SMILES string of the molecule is c1ccc2c(c1)sc1ccc3c4ccccc4n(-c4ccc5c6ccccc6c6ccccc6c5c4)c3c12. The molecule has 0 aliphatic rings. The third kappa shape index (κ3) is 2.60. The highest BCUT2D eigenvalue weighted by Gasteiger charge is 2.18. The molecule has 9 aromatic rings. The molecule has 0 unspecified atom stereocenters. The van der Waals surface area contributed by atoms with Crippen molar-refractivity contribution in [3.8, 4) is 5.69 Å². The summed E-state index contributed by atoms with van der Waals surface area (Å²) in [6.07, 6.45) is 0. The molecule has 0 fully saturated rings. The van der Waals surface area contributed by atoms with E-state index < -0.39 is 0 Å². The maximum atomic E-state index is 2.50. The van der Waals surface area contributed by atoms with Gasteiger partial charge in [0.1, 0.15) is 0 Å². The first kappa shape index (κ1) is 20.4. The highest BCUT2D eigenvalue weighted by Crippen LogP contribution is 2.44. The van der Waals surface area contributed by atoms with E-state index in [-0.39, 0.29) is 0 Å². The van der Waals surface area contributed by atoms with Crippen molar-refractivity contribution in [2.24, 2.45) is 0 Å². The molecular weight excluding hydrogens is 478 g/mol. The highest BCUT2D eigenvalue weighted by atomic mass is 32.1. The molecule has 1 nitrogen and oxygen atoms in total. The Morgan fingerprint density at radius 3 is 1.68 bits per heavy atom. The van der Waals surface area contributed by atoms with Crippen LogP contribution in [0.5, 0.6) is 0 Å². The Bertz CT molecular complexity index is 2370. The Morgan fingerprint density at radius 2 is 0.947 bits per heavy atom. The Labute approximate surface area is 222 Å². The fraction of sp³-hybridized carbons (Fsp3) is 0. The number of aromatic nitrogens is 1. The highest BCUT2D eigenvalue weighted by molar-refractivity contribution is 7.26. The van der Waals surface area contributed by atoms with Crippen molar-refractivity contribution in [2.75, 3.05) is 0 Å². The number of nitrogens with zero attached hydrogens (tertiary/aromatic N) is 1. The van der Waals surface area contributed by atoms with Crippen molar-refractivity contribution in [1.29, 1.82) is 0 Å². The summed E-state index contributed by atoms with van der Waals surface area (Å²) in [4.78, 5) is 0. The first-order valence-corrected chi connectivity index (χ1v) is 13.9. The zero-order valence-electron chi connectivity index (χ0n) is 20.5. The number of fused-ring (bicyclic) bond motifs is 13. The second-order valence-corrected chi connectivity index (χ2v) is 11.2. The van der Waals surface area contributed by atoms with E-state index in [0.717, 1.165) is 0 Å². The molecule has 0 amide bonds. The molecule has 2 heterocycles. The molecule has 7 aromatic carbocycles. The van der Waals surface area contributed by atoms with Gasteiger partial charge in [-0.2, -0.15) is 0 Å². The minimum absolute atomic E-state index is 1.20. The van der Waals surface area contributed by atoms with Crippen LogP contribution in [0.2, 0.25) is 0 Å². The van der Waals surface area contributed by atoms with Gasteiger partial charge in [-0.3, -0.25) is 0 Å². The third-order valence-corrected chi connectivity index (χ3v) is 9.30. The summed E-state index contributed by atoms with van der Waals surface area (Å²) in [5, 5.41) is 13.1. The van der Waals surface area contributed by atoms with Crippen LogP contribution in [0, 0.1) is 0 Å². The molecule has 176 valence electrons. The fourth-order valence-corrected chi connectivity index (χ4v) is 7.68. The van der Waals surface area contributed by atoms with Crippen LogP contribution in [-0.4, -0.2) is 4.57 Å². The number of benzene rings is 7. The summed E-state index contributed by atoms with van der Waals surface area (Å²) < 4.78 is 5.16. The molecule has 0 atom stereocenters. The normalized spacial score (nSPS) is 12.2. The van der Waals surface area contributed by atoms with Gasteiger partial charge in [0.05, 0.1) is 11.0 Å². The lowest BCUT2D eigenvalue weighted by Gasteiger charge is -2.14. The van der Waals surface area contributed by atoms with Gasteiger partial charge in [0, 0.05) is 36.6 Å². The van der Waals surface area contributed by atoms with E-state index in [4.69, 9.17) is 0 Å². The molecular formula is C36H21NS. The number of hydrogen-bond acceptors (Lipinski definition) is 1. The molecule has 0 aliphatic heterocycles. The predicted octanol–water partition coefficient (Wildman–Crippen LogP) is 10.6. The monoisotopic (exact) mass is 499 g/mol. The third-order valence-electron chi connectivity index (χ3n) is 8.16. The number of rotatable bonds is 1. The summed E-state index contributed by atoms with van der Waals surface area (Å²) in [6, 6.07) is 46.9. The minimum atomic E-state index is 1.20. The second-order valence-electron chi connectivity index (χ2n) is 10.1. The summed E-state index contributed by atoms with van der Waals surface area (Å²) in [5.74, 6) is 0. The van der Waals surface area contributed by atoms with Crippen LogP contribution in [-0.2, 0) is 0 Å². The van der Waals surface area contributed by atoms with Gasteiger partial charge in [-0.25, -0.2) is 0 Å². The van der Waals surface area contributed by atoms with Crippen molar-refractivity contribution in [3.05, 3.63) is 127 Å². The molecule has 9 rings (SSSR count). The molecule has 0 saturated heterocycles. The summed E-state index contributed by atoms with van der Waals surface area (Å²) in [5.41, 5.74) is 3.74. The van der Waals surface area contributed by atoms with Crippen molar-refractivity contribution in [1.82, 2.24) is 4.57 Å². The quantitative estimate of drug-likeness (QED) is 0.198. The predicted molar refractivity (Wildman–Crippen MR) is 166 cm³/mol. The van der Waals surface area contributed by atoms with E-state index in [0.29, 0.717) is 0 Å². The van der Waals surface area contributed by atoms with E-state index in [1.807, 2.05) is 11.3 Å². The van der Waals surface area contributed by atoms with Crippen LogP contribution in [0.25, 0.3) is 80.0 Å². The van der Waals surface area contributed by atoms with Crippen LogP contribution < -0.4 is 0 Å². The molecule has 0 bridgehead atoms. The summed E-state index contributed by atoms with van der Waals surface area (Å²) in [6.45, 7) is 0. The smallest absolute Gasteiger partial charge is 0.0634 e. The topological polar surface area (TPSA) is 4.93 Å². The zero-order chi connectivity index (χ0) is 24.8. The molecule has 38 heavy (non-hydrogen) atoms. The Hall–Kier alpha value is -4.66. The maximum absolute atomic E-state index is 2.50. The van der Waals surface area contributed by atoms with E-state index >= 15 is 0 Å². The van der Waals surface area contributed by atoms with Crippen molar-refractivity contribution < 1.29 is 0 Å². The van der Waals surface area contributed by atoms with E-state index in [1.165, 1.54) is 80.0 Å². The molecule has 2 aromatic heterocycles. The lowest BCUT2D eigenvalue weighted by molar-refractivity contribution is 1.19. The number of thiophene rings is 1. The molecule has 0 aliphatic carbocycles. The van der Waals surface area contributed by atoms with Gasteiger partial charge in [0.15, 0.2) is 0 Å². The molecule has 0 N–H and O–H groups in total. The van der Waals surface area contributed by atoms with Crippen LogP contribution >= 0.6 is 11.3 Å². The standard InChI is InChI=1S/C36H21NS/c1-2-11-25-23(9-1)24-10-3-4-12-26(24)31-21-22(17-18-27(25)31)37-32-15-7-5-13-28(32)29-19-20-34-35(36(29)37)30-14-6-8-16-33(30)38-34/h1-21H. The van der Waals surface area contributed by atoms with Gasteiger partial charge >= 0.3 is 0 Å². The Kier molecular flexibility index (Phi) is 3.99. The van der Waals surface area contributed by atoms with Gasteiger partial charge < -0.3 is 4.57 Å². The Balaban J connectivity index is 1.50. The number of hydrogen-bond donors (Lipinski definition) is 0. The average molecular weight is 500 g/mol. The van der Waals surface area contributed by atoms with Crippen LogP contribution in [0.15, 0.2) is 127 Å². The van der Waals surface area contributed by atoms with Crippen LogP contribution in [0.4, 0.5) is 0 Å². The average Bonchev–Trinajstić information content (AvgIpc) is 3.53.